The molecule has 1 heterocycles. The van der Waals surface area contributed by atoms with Gasteiger partial charge in [-0.25, -0.2) is 13.8 Å². The van der Waals surface area contributed by atoms with Crippen LogP contribution in [0.1, 0.15) is 31.3 Å². The molecule has 0 aliphatic rings. The summed E-state index contributed by atoms with van der Waals surface area (Å²) in [5.74, 6) is -0.538. The van der Waals surface area contributed by atoms with Crippen molar-refractivity contribution in [2.45, 2.75) is 26.4 Å². The number of aryl methyl sites for hydroxylation is 1. The van der Waals surface area contributed by atoms with E-state index in [2.05, 4.69) is 10.3 Å². The summed E-state index contributed by atoms with van der Waals surface area (Å²) in [7, 11) is 0. The van der Waals surface area contributed by atoms with Crippen molar-refractivity contribution in [1.29, 1.82) is 0 Å². The summed E-state index contributed by atoms with van der Waals surface area (Å²) in [4.78, 5) is 4.25. The van der Waals surface area contributed by atoms with E-state index in [1.165, 1.54) is 0 Å². The Morgan fingerprint density at radius 1 is 1.30 bits per heavy atom. The second-order valence-corrected chi connectivity index (χ2v) is 4.76. The Morgan fingerprint density at radius 3 is 2.70 bits per heavy atom. The first-order valence-corrected chi connectivity index (χ1v) is 6.85. The van der Waals surface area contributed by atoms with Crippen molar-refractivity contribution in [2.24, 2.45) is 0 Å². The second-order valence-electron chi connectivity index (χ2n) is 4.35. The van der Waals surface area contributed by atoms with Gasteiger partial charge in [0.2, 0.25) is 0 Å². The highest BCUT2D eigenvalue weighted by Crippen LogP contribution is 2.27. The summed E-state index contributed by atoms with van der Waals surface area (Å²) < 4.78 is 29.6. The molecule has 2 rings (SSSR count). The first kappa shape index (κ1) is 14.9. The summed E-state index contributed by atoms with van der Waals surface area (Å²) in [6.07, 6.45) is 3.46. The number of imidazole rings is 1. The lowest BCUT2D eigenvalue weighted by atomic mass is 10.0. The van der Waals surface area contributed by atoms with E-state index in [1.54, 1.807) is 6.20 Å². The molecule has 0 saturated heterocycles. The summed E-state index contributed by atoms with van der Waals surface area (Å²) in [6, 6.07) is 1.61. The molecular weight excluding hydrogens is 284 g/mol. The van der Waals surface area contributed by atoms with Crippen LogP contribution in [0.15, 0.2) is 24.5 Å². The fourth-order valence-electron chi connectivity index (χ4n) is 2.15. The minimum atomic E-state index is -0.638. The number of nitrogens with zero attached hydrogens (tertiary/aromatic N) is 2. The van der Waals surface area contributed by atoms with Crippen LogP contribution in [0.3, 0.4) is 0 Å². The van der Waals surface area contributed by atoms with E-state index in [0.29, 0.717) is 18.9 Å². The Labute approximate surface area is 121 Å². The standard InChI is InChI=1S/C14H16ClF2N3/c1-3-18-13(14-19-5-6-20(14)4-2)9-7-12(17)10(15)8-11(9)16/h5-8,13,18H,3-4H2,1-2H3. The third kappa shape index (κ3) is 2.83. The van der Waals surface area contributed by atoms with Crippen molar-refractivity contribution in [3.05, 3.63) is 52.6 Å². The van der Waals surface area contributed by atoms with Crippen LogP contribution in [-0.2, 0) is 6.54 Å². The fraction of sp³-hybridized carbons (Fsp3) is 0.357. The number of hydrogen-bond donors (Lipinski definition) is 1. The SMILES string of the molecule is CCNC(c1cc(F)c(Cl)cc1F)c1nccn1CC. The Hall–Kier alpha value is -1.46. The van der Waals surface area contributed by atoms with Crippen LogP contribution < -0.4 is 5.32 Å². The highest BCUT2D eigenvalue weighted by atomic mass is 35.5. The third-order valence-corrected chi connectivity index (χ3v) is 3.40. The molecule has 0 aliphatic carbocycles. The van der Waals surface area contributed by atoms with Crippen molar-refractivity contribution in [1.82, 2.24) is 14.9 Å². The molecule has 0 bridgehead atoms. The molecule has 2 aromatic rings. The normalized spacial score (nSPS) is 12.7. The van der Waals surface area contributed by atoms with Crippen LogP contribution >= 0.6 is 11.6 Å². The van der Waals surface area contributed by atoms with Gasteiger partial charge in [0.05, 0.1) is 11.1 Å². The van der Waals surface area contributed by atoms with Gasteiger partial charge in [-0.3, -0.25) is 0 Å². The quantitative estimate of drug-likeness (QED) is 0.856. The Bertz CT molecular complexity index is 598. The Morgan fingerprint density at radius 2 is 2.05 bits per heavy atom. The average Bonchev–Trinajstić information content (AvgIpc) is 2.88. The molecule has 1 N–H and O–H groups in total. The first-order valence-electron chi connectivity index (χ1n) is 6.47. The van der Waals surface area contributed by atoms with Crippen LogP contribution in [0.25, 0.3) is 0 Å². The average molecular weight is 300 g/mol. The van der Waals surface area contributed by atoms with Gasteiger partial charge in [-0.05, 0) is 25.6 Å². The molecule has 0 radical (unpaired) electrons. The zero-order chi connectivity index (χ0) is 14.7. The van der Waals surface area contributed by atoms with Crippen LogP contribution in [0.5, 0.6) is 0 Å². The summed E-state index contributed by atoms with van der Waals surface area (Å²) >= 11 is 5.59. The second kappa shape index (κ2) is 6.33. The molecule has 3 nitrogen and oxygen atoms in total. The molecule has 6 heteroatoms. The predicted octanol–water partition coefficient (Wildman–Crippen LogP) is 3.53. The van der Waals surface area contributed by atoms with Gasteiger partial charge >= 0.3 is 0 Å². The molecule has 0 saturated carbocycles. The van der Waals surface area contributed by atoms with Gasteiger partial charge in [-0.15, -0.1) is 0 Å². The Kier molecular flexibility index (Phi) is 4.73. The highest BCUT2D eigenvalue weighted by molar-refractivity contribution is 6.30. The lowest BCUT2D eigenvalue weighted by Crippen LogP contribution is -2.26. The summed E-state index contributed by atoms with van der Waals surface area (Å²) in [5, 5.41) is 2.91. The molecule has 20 heavy (non-hydrogen) atoms. The number of nitrogens with one attached hydrogen (secondary N) is 1. The van der Waals surface area contributed by atoms with Gasteiger partial charge in [0.1, 0.15) is 17.5 Å². The van der Waals surface area contributed by atoms with E-state index in [-0.39, 0.29) is 10.6 Å². The van der Waals surface area contributed by atoms with E-state index < -0.39 is 17.7 Å². The van der Waals surface area contributed by atoms with Gasteiger partial charge in [-0.2, -0.15) is 0 Å². The van der Waals surface area contributed by atoms with Crippen LogP contribution in [-0.4, -0.2) is 16.1 Å². The van der Waals surface area contributed by atoms with Gasteiger partial charge in [0.25, 0.3) is 0 Å². The van der Waals surface area contributed by atoms with E-state index in [9.17, 15) is 8.78 Å². The highest BCUT2D eigenvalue weighted by Gasteiger charge is 2.22. The summed E-state index contributed by atoms with van der Waals surface area (Å²) in [5.41, 5.74) is 0.203. The number of benzene rings is 1. The maximum atomic E-state index is 14.1. The number of halogens is 3. The monoisotopic (exact) mass is 299 g/mol. The minimum absolute atomic E-state index is 0.203. The van der Waals surface area contributed by atoms with Crippen molar-refractivity contribution in [3.63, 3.8) is 0 Å². The van der Waals surface area contributed by atoms with Gasteiger partial charge in [-0.1, -0.05) is 18.5 Å². The Balaban J connectivity index is 2.51. The molecule has 0 amide bonds. The topological polar surface area (TPSA) is 29.9 Å². The molecular formula is C14H16ClF2N3. The lowest BCUT2D eigenvalue weighted by Gasteiger charge is -2.20. The number of rotatable bonds is 5. The maximum Gasteiger partial charge on any atom is 0.142 e. The zero-order valence-corrected chi connectivity index (χ0v) is 12.1. The predicted molar refractivity (Wildman–Crippen MR) is 74.8 cm³/mol. The number of hydrogen-bond acceptors (Lipinski definition) is 2. The van der Waals surface area contributed by atoms with Crippen LogP contribution in [0, 0.1) is 11.6 Å². The molecule has 0 fully saturated rings. The summed E-state index contributed by atoms with van der Waals surface area (Å²) in [6.45, 7) is 5.17. The van der Waals surface area contributed by atoms with Gasteiger partial charge in [0.15, 0.2) is 0 Å². The molecule has 1 aromatic carbocycles. The molecule has 1 unspecified atom stereocenters. The van der Waals surface area contributed by atoms with E-state index in [0.717, 1.165) is 12.1 Å². The molecule has 108 valence electrons. The zero-order valence-electron chi connectivity index (χ0n) is 11.3. The van der Waals surface area contributed by atoms with E-state index >= 15 is 0 Å². The van der Waals surface area contributed by atoms with E-state index in [1.807, 2.05) is 24.6 Å². The third-order valence-electron chi connectivity index (χ3n) is 3.11. The fourth-order valence-corrected chi connectivity index (χ4v) is 2.30. The number of aromatic nitrogens is 2. The van der Waals surface area contributed by atoms with Gasteiger partial charge in [0, 0.05) is 24.5 Å². The molecule has 1 atom stereocenters. The molecule has 0 aliphatic heterocycles. The maximum absolute atomic E-state index is 14.1. The van der Waals surface area contributed by atoms with Crippen molar-refractivity contribution >= 4 is 11.6 Å². The minimum Gasteiger partial charge on any atom is -0.334 e. The first-order chi connectivity index (χ1) is 9.58. The van der Waals surface area contributed by atoms with Crippen molar-refractivity contribution < 1.29 is 8.78 Å². The van der Waals surface area contributed by atoms with Crippen LogP contribution in [0.2, 0.25) is 5.02 Å². The molecule has 1 aromatic heterocycles. The smallest absolute Gasteiger partial charge is 0.142 e. The largest absolute Gasteiger partial charge is 0.334 e. The van der Waals surface area contributed by atoms with E-state index in [4.69, 9.17) is 11.6 Å². The van der Waals surface area contributed by atoms with Crippen molar-refractivity contribution in [2.75, 3.05) is 6.54 Å². The van der Waals surface area contributed by atoms with Crippen LogP contribution in [0.4, 0.5) is 8.78 Å². The van der Waals surface area contributed by atoms with Crippen molar-refractivity contribution in [3.8, 4) is 0 Å². The lowest BCUT2D eigenvalue weighted by molar-refractivity contribution is 0.515. The van der Waals surface area contributed by atoms with Gasteiger partial charge < -0.3 is 9.88 Å². The molecule has 0 spiro atoms.